The third-order valence-electron chi connectivity index (χ3n) is 4.57. The maximum atomic E-state index is 12.5. The summed E-state index contributed by atoms with van der Waals surface area (Å²) in [7, 11) is 0. The summed E-state index contributed by atoms with van der Waals surface area (Å²) in [5.41, 5.74) is 2.42. The van der Waals surface area contributed by atoms with Crippen LogP contribution in [0.25, 0.3) is 0 Å². The highest BCUT2D eigenvalue weighted by Crippen LogP contribution is 2.29. The van der Waals surface area contributed by atoms with Crippen molar-refractivity contribution in [3.05, 3.63) is 35.4 Å². The smallest absolute Gasteiger partial charge is 0.241 e. The molecule has 2 heterocycles. The van der Waals surface area contributed by atoms with Crippen molar-refractivity contribution in [2.75, 3.05) is 19.8 Å². The first kappa shape index (κ1) is 14.5. The van der Waals surface area contributed by atoms with Crippen molar-refractivity contribution in [1.82, 2.24) is 10.2 Å². The molecular formula is C17H24N2O2. The van der Waals surface area contributed by atoms with E-state index in [-0.39, 0.29) is 18.1 Å². The quantitative estimate of drug-likeness (QED) is 0.927. The molecule has 4 nitrogen and oxygen atoms in total. The van der Waals surface area contributed by atoms with Gasteiger partial charge >= 0.3 is 0 Å². The van der Waals surface area contributed by atoms with Gasteiger partial charge in [-0.05, 0) is 37.8 Å². The number of aryl methyl sites for hydroxylation is 1. The Bertz CT molecular complexity index is 511. The van der Waals surface area contributed by atoms with E-state index in [1.807, 2.05) is 24.0 Å². The van der Waals surface area contributed by atoms with Crippen LogP contribution in [-0.4, -0.2) is 36.6 Å². The summed E-state index contributed by atoms with van der Waals surface area (Å²) in [4.78, 5) is 14.5. The van der Waals surface area contributed by atoms with Gasteiger partial charge in [-0.1, -0.05) is 24.3 Å². The number of rotatable bonds is 3. The third kappa shape index (κ3) is 2.97. The molecule has 1 amide bonds. The lowest BCUT2D eigenvalue weighted by atomic mass is 10.00. The topological polar surface area (TPSA) is 41.6 Å². The van der Waals surface area contributed by atoms with Gasteiger partial charge in [-0.2, -0.15) is 0 Å². The highest BCUT2D eigenvalue weighted by Gasteiger charge is 2.38. The second-order valence-electron chi connectivity index (χ2n) is 6.22. The summed E-state index contributed by atoms with van der Waals surface area (Å²) >= 11 is 0. The maximum absolute atomic E-state index is 12.5. The maximum Gasteiger partial charge on any atom is 0.241 e. The molecule has 1 N–H and O–H groups in total. The fourth-order valence-corrected chi connectivity index (χ4v) is 3.35. The lowest BCUT2D eigenvalue weighted by molar-refractivity contribution is -0.131. The van der Waals surface area contributed by atoms with E-state index in [0.717, 1.165) is 32.6 Å². The van der Waals surface area contributed by atoms with Crippen LogP contribution in [-0.2, 0) is 9.53 Å². The Labute approximate surface area is 126 Å². The van der Waals surface area contributed by atoms with Gasteiger partial charge in [-0.3, -0.25) is 10.1 Å². The Morgan fingerprint density at radius 2 is 2.19 bits per heavy atom. The van der Waals surface area contributed by atoms with Gasteiger partial charge in [0.25, 0.3) is 0 Å². The molecular weight excluding hydrogens is 264 g/mol. The predicted molar refractivity (Wildman–Crippen MR) is 81.8 cm³/mol. The molecule has 0 radical (unpaired) electrons. The van der Waals surface area contributed by atoms with Gasteiger partial charge in [0.15, 0.2) is 0 Å². The Hall–Kier alpha value is -1.39. The van der Waals surface area contributed by atoms with E-state index in [2.05, 4.69) is 24.4 Å². The monoisotopic (exact) mass is 288 g/mol. The molecule has 114 valence electrons. The number of nitrogens with one attached hydrogen (secondary N) is 1. The van der Waals surface area contributed by atoms with Crippen molar-refractivity contribution < 1.29 is 9.53 Å². The van der Waals surface area contributed by atoms with Crippen molar-refractivity contribution in [2.45, 2.75) is 38.9 Å². The van der Waals surface area contributed by atoms with Gasteiger partial charge < -0.3 is 9.64 Å². The molecule has 3 unspecified atom stereocenters. The van der Waals surface area contributed by atoms with E-state index in [0.29, 0.717) is 5.92 Å². The Morgan fingerprint density at radius 3 is 2.90 bits per heavy atom. The zero-order chi connectivity index (χ0) is 14.8. The van der Waals surface area contributed by atoms with E-state index in [1.54, 1.807) is 0 Å². The molecule has 0 aromatic heterocycles. The van der Waals surface area contributed by atoms with Crippen molar-refractivity contribution in [1.29, 1.82) is 0 Å². The standard InChI is InChI=1S/C17H24N2O2/c1-12-6-3-4-8-15(12)16-18-13(2)17(20)19(16)10-14-7-5-9-21-11-14/h3-4,6,8,13-14,16,18H,5,7,9-11H2,1-2H3. The van der Waals surface area contributed by atoms with E-state index in [1.165, 1.54) is 11.1 Å². The second-order valence-corrected chi connectivity index (χ2v) is 6.22. The average Bonchev–Trinajstić information content (AvgIpc) is 2.77. The zero-order valence-corrected chi connectivity index (χ0v) is 12.8. The van der Waals surface area contributed by atoms with Gasteiger partial charge in [0.1, 0.15) is 6.17 Å². The molecule has 2 fully saturated rings. The molecule has 0 aliphatic carbocycles. The lowest BCUT2D eigenvalue weighted by Gasteiger charge is -2.31. The van der Waals surface area contributed by atoms with Crippen LogP contribution < -0.4 is 5.32 Å². The van der Waals surface area contributed by atoms with Crippen LogP contribution in [0.1, 0.15) is 37.1 Å². The SMILES string of the molecule is Cc1ccccc1C1NC(C)C(=O)N1CC1CCCOC1. The van der Waals surface area contributed by atoms with Crippen LogP contribution in [0.15, 0.2) is 24.3 Å². The number of nitrogens with zero attached hydrogens (tertiary/aromatic N) is 1. The van der Waals surface area contributed by atoms with E-state index >= 15 is 0 Å². The van der Waals surface area contributed by atoms with Crippen molar-refractivity contribution in [3.63, 3.8) is 0 Å². The minimum atomic E-state index is -0.112. The number of hydrogen-bond donors (Lipinski definition) is 1. The fourth-order valence-electron chi connectivity index (χ4n) is 3.35. The molecule has 2 aliphatic rings. The molecule has 3 atom stereocenters. The number of carbonyl (C=O) groups is 1. The Kier molecular flexibility index (Phi) is 4.27. The summed E-state index contributed by atoms with van der Waals surface area (Å²) in [6, 6.07) is 8.19. The fraction of sp³-hybridized carbons (Fsp3) is 0.588. The highest BCUT2D eigenvalue weighted by atomic mass is 16.5. The van der Waals surface area contributed by atoms with E-state index < -0.39 is 0 Å². The lowest BCUT2D eigenvalue weighted by Crippen LogP contribution is -2.37. The highest BCUT2D eigenvalue weighted by molar-refractivity contribution is 5.84. The van der Waals surface area contributed by atoms with Gasteiger partial charge in [-0.25, -0.2) is 0 Å². The molecule has 0 spiro atoms. The zero-order valence-electron chi connectivity index (χ0n) is 12.8. The minimum absolute atomic E-state index is 0.00405. The first-order valence-corrected chi connectivity index (χ1v) is 7.86. The predicted octanol–water partition coefficient (Wildman–Crippen LogP) is 2.24. The molecule has 21 heavy (non-hydrogen) atoms. The number of ether oxygens (including phenoxy) is 1. The molecule has 0 bridgehead atoms. The summed E-state index contributed by atoms with van der Waals surface area (Å²) in [5, 5.41) is 3.44. The number of amides is 1. The van der Waals surface area contributed by atoms with Crippen molar-refractivity contribution in [3.8, 4) is 0 Å². The molecule has 1 aromatic carbocycles. The average molecular weight is 288 g/mol. The van der Waals surface area contributed by atoms with E-state index in [4.69, 9.17) is 4.74 Å². The van der Waals surface area contributed by atoms with Crippen LogP contribution in [0.5, 0.6) is 0 Å². The van der Waals surface area contributed by atoms with Crippen LogP contribution in [0, 0.1) is 12.8 Å². The summed E-state index contributed by atoms with van der Waals surface area (Å²) in [6.07, 6.45) is 2.25. The Morgan fingerprint density at radius 1 is 1.38 bits per heavy atom. The van der Waals surface area contributed by atoms with Crippen LogP contribution in [0.3, 0.4) is 0 Å². The first-order chi connectivity index (χ1) is 10.2. The first-order valence-electron chi connectivity index (χ1n) is 7.86. The van der Waals surface area contributed by atoms with Gasteiger partial charge in [0.2, 0.25) is 5.91 Å². The third-order valence-corrected chi connectivity index (χ3v) is 4.57. The van der Waals surface area contributed by atoms with Crippen LogP contribution in [0.2, 0.25) is 0 Å². The van der Waals surface area contributed by atoms with Crippen LogP contribution >= 0.6 is 0 Å². The number of carbonyl (C=O) groups excluding carboxylic acids is 1. The largest absolute Gasteiger partial charge is 0.381 e. The van der Waals surface area contributed by atoms with Crippen molar-refractivity contribution >= 4 is 5.91 Å². The summed E-state index contributed by atoms with van der Waals surface area (Å²) in [6.45, 7) is 6.48. The minimum Gasteiger partial charge on any atom is -0.381 e. The second kappa shape index (κ2) is 6.16. The number of benzene rings is 1. The van der Waals surface area contributed by atoms with Crippen molar-refractivity contribution in [2.24, 2.45) is 5.92 Å². The normalized spacial score (nSPS) is 29.9. The molecule has 2 aliphatic heterocycles. The molecule has 4 heteroatoms. The molecule has 1 aromatic rings. The van der Waals surface area contributed by atoms with Crippen LogP contribution in [0.4, 0.5) is 0 Å². The summed E-state index contributed by atoms with van der Waals surface area (Å²) < 4.78 is 5.56. The van der Waals surface area contributed by atoms with Gasteiger partial charge in [0.05, 0.1) is 12.6 Å². The van der Waals surface area contributed by atoms with E-state index in [9.17, 15) is 4.79 Å². The number of hydrogen-bond acceptors (Lipinski definition) is 3. The van der Waals surface area contributed by atoms with Gasteiger partial charge in [-0.15, -0.1) is 0 Å². The van der Waals surface area contributed by atoms with Gasteiger partial charge in [0, 0.05) is 19.1 Å². The summed E-state index contributed by atoms with van der Waals surface area (Å²) in [5.74, 6) is 0.662. The molecule has 2 saturated heterocycles. The molecule has 3 rings (SSSR count). The molecule has 0 saturated carbocycles. The Balaban J connectivity index is 1.81.